The third kappa shape index (κ3) is 1.55. The zero-order valence-corrected chi connectivity index (χ0v) is 10.2. The number of thiazole rings is 1. The molecule has 0 aliphatic carbocycles. The van der Waals surface area contributed by atoms with E-state index in [-0.39, 0.29) is 6.04 Å². The zero-order valence-electron chi connectivity index (χ0n) is 9.41. The van der Waals surface area contributed by atoms with Gasteiger partial charge in [-0.3, -0.25) is 4.40 Å². The van der Waals surface area contributed by atoms with Gasteiger partial charge in [-0.15, -0.1) is 11.3 Å². The Labute approximate surface area is 101 Å². The molecule has 0 radical (unpaired) electrons. The van der Waals surface area contributed by atoms with Gasteiger partial charge >= 0.3 is 0 Å². The maximum absolute atomic E-state index is 5.68. The molecule has 88 valence electrons. The van der Waals surface area contributed by atoms with E-state index in [4.69, 9.17) is 10.3 Å². The average molecular weight is 249 g/mol. The van der Waals surface area contributed by atoms with Crippen LogP contribution in [0.15, 0.2) is 16.1 Å². The zero-order chi connectivity index (χ0) is 12.0. The number of nitrogens with two attached hydrogens (primary N) is 1. The van der Waals surface area contributed by atoms with Crippen molar-refractivity contribution in [3.63, 3.8) is 0 Å². The SMILES string of the molecule is Cc1c(-c2noc(C(C)N)n2)nc2sccn12. The van der Waals surface area contributed by atoms with Gasteiger partial charge in [-0.25, -0.2) is 4.98 Å². The lowest BCUT2D eigenvalue weighted by molar-refractivity contribution is 0.362. The van der Waals surface area contributed by atoms with Crippen molar-refractivity contribution in [3.05, 3.63) is 23.2 Å². The highest BCUT2D eigenvalue weighted by molar-refractivity contribution is 7.15. The predicted octanol–water partition coefficient (Wildman–Crippen LogP) is 1.77. The van der Waals surface area contributed by atoms with Crippen molar-refractivity contribution >= 4 is 16.3 Å². The van der Waals surface area contributed by atoms with E-state index >= 15 is 0 Å². The minimum atomic E-state index is -0.264. The summed E-state index contributed by atoms with van der Waals surface area (Å²) in [6, 6.07) is -0.264. The second kappa shape index (κ2) is 3.64. The van der Waals surface area contributed by atoms with E-state index < -0.39 is 0 Å². The van der Waals surface area contributed by atoms with E-state index in [1.165, 1.54) is 0 Å². The molecule has 3 rings (SSSR count). The first-order valence-electron chi connectivity index (χ1n) is 5.18. The van der Waals surface area contributed by atoms with Crippen LogP contribution in [0.5, 0.6) is 0 Å². The lowest BCUT2D eigenvalue weighted by atomic mass is 10.3. The lowest BCUT2D eigenvalue weighted by Gasteiger charge is -1.93. The average Bonchev–Trinajstić information content (AvgIpc) is 2.95. The Hall–Kier alpha value is -1.73. The Kier molecular flexibility index (Phi) is 2.23. The van der Waals surface area contributed by atoms with E-state index in [2.05, 4.69) is 15.1 Å². The van der Waals surface area contributed by atoms with E-state index in [0.717, 1.165) is 16.3 Å². The lowest BCUT2D eigenvalue weighted by Crippen LogP contribution is -2.04. The fourth-order valence-corrected chi connectivity index (χ4v) is 2.39. The van der Waals surface area contributed by atoms with Crippen LogP contribution in [-0.2, 0) is 0 Å². The summed E-state index contributed by atoms with van der Waals surface area (Å²) in [4.78, 5) is 9.63. The summed E-state index contributed by atoms with van der Waals surface area (Å²) in [7, 11) is 0. The highest BCUT2D eigenvalue weighted by Gasteiger charge is 2.18. The molecule has 17 heavy (non-hydrogen) atoms. The molecule has 0 aliphatic heterocycles. The maximum Gasteiger partial charge on any atom is 0.243 e. The standard InChI is InChI=1S/C10H11N5OS/c1-5(11)9-13-8(14-16-9)7-6(2)15-3-4-17-10(15)12-7/h3-5H,11H2,1-2H3. The molecular weight excluding hydrogens is 238 g/mol. The molecule has 7 heteroatoms. The Bertz CT molecular complexity index is 665. The molecule has 0 fully saturated rings. The van der Waals surface area contributed by atoms with Gasteiger partial charge < -0.3 is 10.3 Å². The van der Waals surface area contributed by atoms with Gasteiger partial charge in [-0.1, -0.05) is 5.16 Å². The van der Waals surface area contributed by atoms with Gasteiger partial charge in [0, 0.05) is 11.6 Å². The van der Waals surface area contributed by atoms with Gasteiger partial charge in [0.1, 0.15) is 5.69 Å². The number of aryl methyl sites for hydroxylation is 1. The highest BCUT2D eigenvalue weighted by Crippen LogP contribution is 2.24. The van der Waals surface area contributed by atoms with Crippen LogP contribution in [0.4, 0.5) is 0 Å². The van der Waals surface area contributed by atoms with Crippen molar-refractivity contribution in [2.24, 2.45) is 5.73 Å². The quantitative estimate of drug-likeness (QED) is 0.748. The first-order valence-corrected chi connectivity index (χ1v) is 6.06. The van der Waals surface area contributed by atoms with Crippen molar-refractivity contribution < 1.29 is 4.52 Å². The topological polar surface area (TPSA) is 82.2 Å². The number of fused-ring (bicyclic) bond motifs is 1. The van der Waals surface area contributed by atoms with Crippen LogP contribution in [0, 0.1) is 6.92 Å². The Morgan fingerprint density at radius 3 is 2.94 bits per heavy atom. The summed E-state index contributed by atoms with van der Waals surface area (Å²) >= 11 is 1.57. The fourth-order valence-electron chi connectivity index (χ4n) is 1.63. The Morgan fingerprint density at radius 1 is 1.47 bits per heavy atom. The molecule has 0 bridgehead atoms. The molecular formula is C10H11N5OS. The van der Waals surface area contributed by atoms with Gasteiger partial charge in [0.2, 0.25) is 11.7 Å². The van der Waals surface area contributed by atoms with Gasteiger partial charge in [-0.05, 0) is 13.8 Å². The third-order valence-corrected chi connectivity index (χ3v) is 3.30. The summed E-state index contributed by atoms with van der Waals surface area (Å²) in [6.07, 6.45) is 1.97. The predicted molar refractivity (Wildman–Crippen MR) is 63.7 cm³/mol. The third-order valence-electron chi connectivity index (χ3n) is 2.54. The molecule has 0 aliphatic rings. The molecule has 3 aromatic rings. The van der Waals surface area contributed by atoms with Gasteiger partial charge in [0.25, 0.3) is 0 Å². The maximum atomic E-state index is 5.68. The first-order chi connectivity index (χ1) is 8.16. The highest BCUT2D eigenvalue weighted by atomic mass is 32.1. The summed E-state index contributed by atoms with van der Waals surface area (Å²) in [5, 5.41) is 5.89. The molecule has 0 aromatic carbocycles. The molecule has 3 heterocycles. The minimum Gasteiger partial charge on any atom is -0.337 e. The van der Waals surface area contributed by atoms with E-state index in [1.54, 1.807) is 18.3 Å². The number of imidazole rings is 1. The van der Waals surface area contributed by atoms with Crippen molar-refractivity contribution in [2.45, 2.75) is 19.9 Å². The number of rotatable bonds is 2. The van der Waals surface area contributed by atoms with Crippen LogP contribution >= 0.6 is 11.3 Å². The molecule has 0 amide bonds. The molecule has 6 nitrogen and oxygen atoms in total. The van der Waals surface area contributed by atoms with E-state index in [0.29, 0.717) is 11.7 Å². The largest absolute Gasteiger partial charge is 0.337 e. The van der Waals surface area contributed by atoms with Crippen LogP contribution in [0.3, 0.4) is 0 Å². The second-order valence-electron chi connectivity index (χ2n) is 3.85. The van der Waals surface area contributed by atoms with Crippen molar-refractivity contribution in [3.8, 4) is 11.5 Å². The molecule has 0 saturated carbocycles. The first kappa shape index (κ1) is 10.4. The van der Waals surface area contributed by atoms with Gasteiger partial charge in [0.15, 0.2) is 4.96 Å². The molecule has 0 saturated heterocycles. The summed E-state index contributed by atoms with van der Waals surface area (Å²) in [5.74, 6) is 0.918. The molecule has 1 unspecified atom stereocenters. The molecule has 0 spiro atoms. The number of hydrogen-bond donors (Lipinski definition) is 1. The molecule has 1 atom stereocenters. The number of hydrogen-bond acceptors (Lipinski definition) is 6. The van der Waals surface area contributed by atoms with Gasteiger partial charge in [0.05, 0.1) is 11.7 Å². The van der Waals surface area contributed by atoms with Gasteiger partial charge in [-0.2, -0.15) is 4.98 Å². The van der Waals surface area contributed by atoms with E-state index in [9.17, 15) is 0 Å². The van der Waals surface area contributed by atoms with Crippen molar-refractivity contribution in [1.29, 1.82) is 0 Å². The smallest absolute Gasteiger partial charge is 0.243 e. The normalized spacial score (nSPS) is 13.4. The summed E-state index contributed by atoms with van der Waals surface area (Å²) < 4.78 is 7.08. The number of aromatic nitrogens is 4. The fraction of sp³-hybridized carbons (Fsp3) is 0.300. The summed E-state index contributed by atoms with van der Waals surface area (Å²) in [5.41, 5.74) is 7.42. The van der Waals surface area contributed by atoms with Crippen LogP contribution in [0.2, 0.25) is 0 Å². The van der Waals surface area contributed by atoms with Crippen LogP contribution in [0.1, 0.15) is 24.6 Å². The Balaban J connectivity index is 2.13. The van der Waals surface area contributed by atoms with Crippen molar-refractivity contribution in [1.82, 2.24) is 19.5 Å². The van der Waals surface area contributed by atoms with Crippen LogP contribution in [-0.4, -0.2) is 19.5 Å². The summed E-state index contributed by atoms with van der Waals surface area (Å²) in [6.45, 7) is 3.78. The molecule has 2 N–H and O–H groups in total. The van der Waals surface area contributed by atoms with Crippen molar-refractivity contribution in [2.75, 3.05) is 0 Å². The minimum absolute atomic E-state index is 0.264. The monoisotopic (exact) mass is 249 g/mol. The van der Waals surface area contributed by atoms with Crippen LogP contribution < -0.4 is 5.73 Å². The van der Waals surface area contributed by atoms with Crippen LogP contribution in [0.25, 0.3) is 16.5 Å². The molecule has 3 aromatic heterocycles. The Morgan fingerprint density at radius 2 is 2.29 bits per heavy atom. The van der Waals surface area contributed by atoms with E-state index in [1.807, 2.05) is 22.9 Å². The number of nitrogens with zero attached hydrogens (tertiary/aromatic N) is 4. The second-order valence-corrected chi connectivity index (χ2v) is 4.72.